The number of H-pyrrole nitrogens is 1. The van der Waals surface area contributed by atoms with Crippen LogP contribution in [0.1, 0.15) is 22.4 Å². The number of nitrogens with zero attached hydrogens (tertiary/aromatic N) is 1. The van der Waals surface area contributed by atoms with E-state index >= 15 is 0 Å². The first kappa shape index (κ1) is 15.2. The van der Waals surface area contributed by atoms with Crippen LogP contribution in [0, 0.1) is 0 Å². The number of rotatable bonds is 4. The minimum absolute atomic E-state index is 0.905. The zero-order chi connectivity index (χ0) is 16.9. The molecule has 2 nitrogen and oxygen atoms in total. The Kier molecular flexibility index (Phi) is 4.25. The lowest BCUT2D eigenvalue weighted by Crippen LogP contribution is -1.77. The maximum absolute atomic E-state index is 4.45. The average molecular weight is 322 g/mol. The van der Waals surface area contributed by atoms with Gasteiger partial charge in [0, 0.05) is 22.8 Å². The maximum atomic E-state index is 4.45. The minimum Gasteiger partial charge on any atom is -0.339 e. The summed E-state index contributed by atoms with van der Waals surface area (Å²) in [6.07, 6.45) is 10.3. The molecular weight excluding hydrogens is 304 g/mol. The summed E-state index contributed by atoms with van der Waals surface area (Å²) in [6, 6.07) is 24.7. The van der Waals surface area contributed by atoms with Crippen molar-refractivity contribution in [3.05, 3.63) is 101 Å². The van der Waals surface area contributed by atoms with Crippen LogP contribution in [0.15, 0.2) is 79.0 Å². The van der Waals surface area contributed by atoms with Gasteiger partial charge in [-0.2, -0.15) is 0 Å². The van der Waals surface area contributed by atoms with Gasteiger partial charge in [-0.15, -0.1) is 0 Å². The van der Waals surface area contributed by atoms with Gasteiger partial charge < -0.3 is 4.98 Å². The molecular formula is C23H18N2. The van der Waals surface area contributed by atoms with Crippen molar-refractivity contribution in [1.29, 1.82) is 0 Å². The van der Waals surface area contributed by atoms with E-state index in [1.807, 2.05) is 48.7 Å². The summed E-state index contributed by atoms with van der Waals surface area (Å²) in [5.74, 6) is 0. The van der Waals surface area contributed by atoms with Crippen molar-refractivity contribution < 1.29 is 0 Å². The van der Waals surface area contributed by atoms with Gasteiger partial charge in [0.15, 0.2) is 0 Å². The molecule has 0 atom stereocenters. The predicted molar refractivity (Wildman–Crippen MR) is 107 cm³/mol. The highest BCUT2D eigenvalue weighted by Gasteiger charge is 2.07. The third-order valence-corrected chi connectivity index (χ3v) is 4.13. The Balaban J connectivity index is 1.76. The number of aromatic nitrogens is 2. The summed E-state index contributed by atoms with van der Waals surface area (Å²) < 4.78 is 0. The summed E-state index contributed by atoms with van der Waals surface area (Å²) in [6.45, 7) is 0. The zero-order valence-electron chi connectivity index (χ0n) is 13.8. The lowest BCUT2D eigenvalue weighted by molar-refractivity contribution is 1.31. The Labute approximate surface area is 147 Å². The monoisotopic (exact) mass is 322 g/mol. The van der Waals surface area contributed by atoms with E-state index in [4.69, 9.17) is 0 Å². The molecule has 0 aliphatic rings. The molecule has 25 heavy (non-hydrogen) atoms. The van der Waals surface area contributed by atoms with Crippen molar-refractivity contribution >= 4 is 35.3 Å². The van der Waals surface area contributed by atoms with Crippen molar-refractivity contribution in [2.75, 3.05) is 0 Å². The molecule has 0 amide bonds. The number of hydrogen-bond acceptors (Lipinski definition) is 1. The number of benzene rings is 2. The molecule has 0 bridgehead atoms. The highest BCUT2D eigenvalue weighted by atomic mass is 14.9. The summed E-state index contributed by atoms with van der Waals surface area (Å²) in [5, 5.41) is 1.13. The smallest absolute Gasteiger partial charge is 0.138 e. The summed E-state index contributed by atoms with van der Waals surface area (Å²) in [4.78, 5) is 7.87. The molecule has 2 aromatic heterocycles. The average Bonchev–Trinajstić information content (AvgIpc) is 3.04. The Hall–Kier alpha value is -3.39. The molecule has 2 heterocycles. The molecule has 1 N–H and O–H groups in total. The largest absolute Gasteiger partial charge is 0.339 e. The van der Waals surface area contributed by atoms with Crippen LogP contribution >= 0.6 is 0 Å². The van der Waals surface area contributed by atoms with Crippen molar-refractivity contribution in [2.24, 2.45) is 0 Å². The van der Waals surface area contributed by atoms with Crippen LogP contribution in [-0.2, 0) is 0 Å². The Morgan fingerprint density at radius 3 is 1.96 bits per heavy atom. The van der Waals surface area contributed by atoms with E-state index in [0.717, 1.165) is 22.3 Å². The van der Waals surface area contributed by atoms with Gasteiger partial charge >= 0.3 is 0 Å². The topological polar surface area (TPSA) is 28.7 Å². The van der Waals surface area contributed by atoms with Gasteiger partial charge in [0.1, 0.15) is 5.65 Å². The third kappa shape index (κ3) is 3.43. The van der Waals surface area contributed by atoms with Gasteiger partial charge in [0.25, 0.3) is 0 Å². The van der Waals surface area contributed by atoms with Crippen LogP contribution in [0.25, 0.3) is 35.3 Å². The highest BCUT2D eigenvalue weighted by molar-refractivity contribution is 5.94. The van der Waals surface area contributed by atoms with E-state index in [1.165, 1.54) is 11.1 Å². The molecule has 0 unspecified atom stereocenters. The molecule has 0 radical (unpaired) electrons. The zero-order valence-corrected chi connectivity index (χ0v) is 13.8. The van der Waals surface area contributed by atoms with E-state index in [2.05, 4.69) is 64.6 Å². The maximum Gasteiger partial charge on any atom is 0.138 e. The standard InChI is InChI=1S/C23H18N2/c1-3-8-18(9-4-1)13-15-20-21-12-7-17-24-23(21)25-22(20)16-14-19-10-5-2-6-11-19/h1-17H,(H,24,25)/b15-13+,16-14+. The molecule has 4 rings (SSSR count). The fourth-order valence-corrected chi connectivity index (χ4v) is 2.86. The first-order valence-corrected chi connectivity index (χ1v) is 8.33. The normalized spacial score (nSPS) is 11.7. The molecule has 0 saturated carbocycles. The Morgan fingerprint density at radius 2 is 1.28 bits per heavy atom. The van der Waals surface area contributed by atoms with Crippen LogP contribution in [0.4, 0.5) is 0 Å². The van der Waals surface area contributed by atoms with Gasteiger partial charge in [-0.1, -0.05) is 78.9 Å². The van der Waals surface area contributed by atoms with Crippen LogP contribution in [0.2, 0.25) is 0 Å². The van der Waals surface area contributed by atoms with E-state index in [1.54, 1.807) is 0 Å². The van der Waals surface area contributed by atoms with Gasteiger partial charge in [0.05, 0.1) is 0 Å². The van der Waals surface area contributed by atoms with Crippen LogP contribution in [0.3, 0.4) is 0 Å². The fraction of sp³-hybridized carbons (Fsp3) is 0. The predicted octanol–water partition coefficient (Wildman–Crippen LogP) is 5.90. The van der Waals surface area contributed by atoms with E-state index in [0.29, 0.717) is 0 Å². The van der Waals surface area contributed by atoms with E-state index in [-0.39, 0.29) is 0 Å². The molecule has 0 aliphatic heterocycles. The lowest BCUT2D eigenvalue weighted by Gasteiger charge is -1.96. The molecule has 0 aliphatic carbocycles. The van der Waals surface area contributed by atoms with Crippen molar-refractivity contribution in [1.82, 2.24) is 9.97 Å². The van der Waals surface area contributed by atoms with E-state index in [9.17, 15) is 0 Å². The molecule has 2 heteroatoms. The lowest BCUT2D eigenvalue weighted by atomic mass is 10.1. The van der Waals surface area contributed by atoms with Crippen LogP contribution in [-0.4, -0.2) is 9.97 Å². The quantitative estimate of drug-likeness (QED) is 0.497. The molecule has 4 aromatic rings. The van der Waals surface area contributed by atoms with E-state index < -0.39 is 0 Å². The Bertz CT molecular complexity index is 1030. The number of pyridine rings is 1. The van der Waals surface area contributed by atoms with Gasteiger partial charge in [-0.05, 0) is 29.3 Å². The minimum atomic E-state index is 0.905. The van der Waals surface area contributed by atoms with Gasteiger partial charge in [0.2, 0.25) is 0 Å². The number of hydrogen-bond donors (Lipinski definition) is 1. The molecule has 0 spiro atoms. The van der Waals surface area contributed by atoms with Crippen molar-refractivity contribution in [3.8, 4) is 0 Å². The number of nitrogens with one attached hydrogen (secondary N) is 1. The van der Waals surface area contributed by atoms with Crippen LogP contribution < -0.4 is 0 Å². The molecule has 0 fully saturated rings. The summed E-state index contributed by atoms with van der Waals surface area (Å²) in [5.41, 5.74) is 5.47. The first-order valence-electron chi connectivity index (χ1n) is 8.33. The second-order valence-corrected chi connectivity index (χ2v) is 5.84. The summed E-state index contributed by atoms with van der Waals surface area (Å²) in [7, 11) is 0. The first-order chi connectivity index (χ1) is 12.4. The summed E-state index contributed by atoms with van der Waals surface area (Å²) >= 11 is 0. The van der Waals surface area contributed by atoms with Gasteiger partial charge in [-0.25, -0.2) is 4.98 Å². The highest BCUT2D eigenvalue weighted by Crippen LogP contribution is 2.25. The van der Waals surface area contributed by atoms with Gasteiger partial charge in [-0.3, -0.25) is 0 Å². The van der Waals surface area contributed by atoms with Crippen molar-refractivity contribution in [3.63, 3.8) is 0 Å². The molecule has 0 saturated heterocycles. The van der Waals surface area contributed by atoms with Crippen LogP contribution in [0.5, 0.6) is 0 Å². The Morgan fingerprint density at radius 1 is 0.640 bits per heavy atom. The molecule has 120 valence electrons. The fourth-order valence-electron chi connectivity index (χ4n) is 2.86. The third-order valence-electron chi connectivity index (χ3n) is 4.13. The number of aromatic amines is 1. The molecule has 2 aromatic carbocycles. The van der Waals surface area contributed by atoms with Crippen molar-refractivity contribution in [2.45, 2.75) is 0 Å². The SMILES string of the molecule is C(=C\c1[nH]c2ncccc2c1/C=C/c1ccccc1)/c1ccccc1. The second kappa shape index (κ2) is 7.02. The second-order valence-electron chi connectivity index (χ2n) is 5.84. The number of fused-ring (bicyclic) bond motifs is 1.